The molecule has 0 saturated carbocycles. The van der Waals surface area contributed by atoms with Crippen molar-refractivity contribution in [1.29, 1.82) is 0 Å². The molecule has 186 valence electrons. The molecule has 0 spiro atoms. The molecule has 0 fully saturated rings. The van der Waals surface area contributed by atoms with Crippen LogP contribution >= 0.6 is 22.9 Å². The Hall–Kier alpha value is -2.68. The zero-order valence-electron chi connectivity index (χ0n) is 20.4. The van der Waals surface area contributed by atoms with Crippen LogP contribution in [0.3, 0.4) is 0 Å². The lowest BCUT2D eigenvalue weighted by molar-refractivity contribution is -0.131. The average Bonchev–Trinajstić information content (AvgIpc) is 3.23. The quantitative estimate of drug-likeness (QED) is 0.298. The maximum atomic E-state index is 13.6. The lowest BCUT2D eigenvalue weighted by Crippen LogP contribution is -2.30. The van der Waals surface area contributed by atoms with Gasteiger partial charge < -0.3 is 9.84 Å². The highest BCUT2D eigenvalue weighted by Gasteiger charge is 2.24. The van der Waals surface area contributed by atoms with E-state index >= 15 is 0 Å². The van der Waals surface area contributed by atoms with Crippen LogP contribution in [0.5, 0.6) is 5.75 Å². The van der Waals surface area contributed by atoms with E-state index in [1.807, 2.05) is 48.7 Å². The third kappa shape index (κ3) is 7.16. The SMILES string of the molecule is Cc1csc(S(=O)N(CC(C)C)c2cc(C)c(C)cc2OCc2ccc(/C=C/C(=O)O)cc2Cl)n1. The Morgan fingerprint density at radius 1 is 1.23 bits per heavy atom. The third-order valence-corrected chi connectivity index (χ3v) is 8.16. The van der Waals surface area contributed by atoms with Gasteiger partial charge in [0.05, 0.1) is 5.69 Å². The highest BCUT2D eigenvalue weighted by Crippen LogP contribution is 2.36. The van der Waals surface area contributed by atoms with E-state index in [-0.39, 0.29) is 12.5 Å². The summed E-state index contributed by atoms with van der Waals surface area (Å²) >= 11 is 7.83. The van der Waals surface area contributed by atoms with E-state index in [9.17, 15) is 9.00 Å². The molecule has 3 aromatic rings. The maximum absolute atomic E-state index is 13.6. The summed E-state index contributed by atoms with van der Waals surface area (Å²) in [5, 5.41) is 11.2. The molecule has 0 aliphatic carbocycles. The first-order valence-corrected chi connectivity index (χ1v) is 13.5. The first-order valence-electron chi connectivity index (χ1n) is 11.1. The highest BCUT2D eigenvalue weighted by molar-refractivity contribution is 7.88. The number of carboxylic acid groups (broad SMARTS) is 1. The maximum Gasteiger partial charge on any atom is 0.328 e. The minimum atomic E-state index is -1.48. The van der Waals surface area contributed by atoms with Crippen molar-refractivity contribution in [2.75, 3.05) is 10.8 Å². The molecule has 1 atom stereocenters. The van der Waals surface area contributed by atoms with E-state index < -0.39 is 17.0 Å². The Morgan fingerprint density at radius 2 is 1.94 bits per heavy atom. The van der Waals surface area contributed by atoms with Crippen LogP contribution in [-0.2, 0) is 22.4 Å². The summed E-state index contributed by atoms with van der Waals surface area (Å²) in [6.07, 6.45) is 2.55. The first kappa shape index (κ1) is 26.9. The van der Waals surface area contributed by atoms with Crippen molar-refractivity contribution in [3.63, 3.8) is 0 Å². The number of aromatic nitrogens is 1. The van der Waals surface area contributed by atoms with Crippen LogP contribution in [0.15, 0.2) is 46.1 Å². The van der Waals surface area contributed by atoms with E-state index in [1.165, 1.54) is 17.4 Å². The number of aryl methyl sites for hydroxylation is 3. The number of ether oxygens (including phenoxy) is 1. The molecule has 35 heavy (non-hydrogen) atoms. The zero-order chi connectivity index (χ0) is 25.7. The number of anilines is 1. The average molecular weight is 533 g/mol. The molecule has 9 heteroatoms. The van der Waals surface area contributed by atoms with Crippen LogP contribution in [0.1, 0.15) is 41.8 Å². The molecular formula is C26H29ClN2O4S2. The molecule has 0 bridgehead atoms. The highest BCUT2D eigenvalue weighted by atomic mass is 35.5. The molecular weight excluding hydrogens is 504 g/mol. The number of thiazole rings is 1. The van der Waals surface area contributed by atoms with Gasteiger partial charge >= 0.3 is 5.97 Å². The predicted octanol–water partition coefficient (Wildman–Crippen LogP) is 6.58. The largest absolute Gasteiger partial charge is 0.487 e. The number of halogens is 1. The fourth-order valence-electron chi connectivity index (χ4n) is 3.29. The summed E-state index contributed by atoms with van der Waals surface area (Å²) in [5.74, 6) is -0.149. The Labute approximate surface area is 217 Å². The second-order valence-electron chi connectivity index (χ2n) is 8.67. The van der Waals surface area contributed by atoms with E-state index in [1.54, 1.807) is 12.1 Å². The van der Waals surface area contributed by atoms with E-state index in [0.717, 1.165) is 34.1 Å². The molecule has 6 nitrogen and oxygen atoms in total. The van der Waals surface area contributed by atoms with Gasteiger partial charge in [-0.3, -0.25) is 4.31 Å². The first-order chi connectivity index (χ1) is 16.5. The Bertz CT molecular complexity index is 1270. The van der Waals surface area contributed by atoms with Crippen LogP contribution in [0.4, 0.5) is 5.69 Å². The lowest BCUT2D eigenvalue weighted by Gasteiger charge is -2.27. The number of benzene rings is 2. The summed E-state index contributed by atoms with van der Waals surface area (Å²) in [7, 11) is -1.48. The molecule has 1 aromatic heterocycles. The molecule has 3 rings (SSSR count). The fraction of sp³-hybridized carbons (Fsp3) is 0.308. The third-order valence-electron chi connectivity index (χ3n) is 5.20. The van der Waals surface area contributed by atoms with Crippen molar-refractivity contribution in [2.24, 2.45) is 5.92 Å². The van der Waals surface area contributed by atoms with Crippen LogP contribution in [0, 0.1) is 26.7 Å². The molecule has 1 unspecified atom stereocenters. The van der Waals surface area contributed by atoms with Gasteiger partial charge in [-0.15, -0.1) is 11.3 Å². The minimum Gasteiger partial charge on any atom is -0.487 e. The van der Waals surface area contributed by atoms with Gasteiger partial charge in [-0.1, -0.05) is 37.6 Å². The number of aliphatic carboxylic acids is 1. The molecule has 2 aromatic carbocycles. The van der Waals surface area contributed by atoms with Gasteiger partial charge in [0.25, 0.3) is 0 Å². The molecule has 0 amide bonds. The van der Waals surface area contributed by atoms with Crippen LogP contribution in [-0.4, -0.2) is 26.8 Å². The van der Waals surface area contributed by atoms with Crippen molar-refractivity contribution < 1.29 is 18.8 Å². The Morgan fingerprint density at radius 3 is 2.54 bits per heavy atom. The topological polar surface area (TPSA) is 79.7 Å². The lowest BCUT2D eigenvalue weighted by atomic mass is 10.1. The van der Waals surface area contributed by atoms with Gasteiger partial charge in [-0.25, -0.2) is 14.0 Å². The predicted molar refractivity (Wildman–Crippen MR) is 144 cm³/mol. The van der Waals surface area contributed by atoms with Crippen molar-refractivity contribution in [1.82, 2.24) is 4.98 Å². The number of carboxylic acids is 1. The van der Waals surface area contributed by atoms with Crippen LogP contribution in [0.2, 0.25) is 5.02 Å². The van der Waals surface area contributed by atoms with Crippen molar-refractivity contribution in [2.45, 2.75) is 45.6 Å². The van der Waals surface area contributed by atoms with Gasteiger partial charge in [0.2, 0.25) is 4.34 Å². The fourth-order valence-corrected chi connectivity index (χ4v) is 5.96. The van der Waals surface area contributed by atoms with Crippen LogP contribution < -0.4 is 9.04 Å². The van der Waals surface area contributed by atoms with Gasteiger partial charge in [0.15, 0.2) is 11.0 Å². The number of carbonyl (C=O) groups is 1. The van der Waals surface area contributed by atoms with Crippen molar-refractivity contribution in [3.05, 3.63) is 74.8 Å². The zero-order valence-corrected chi connectivity index (χ0v) is 22.8. The number of nitrogens with zero attached hydrogens (tertiary/aromatic N) is 2. The van der Waals surface area contributed by atoms with E-state index in [2.05, 4.69) is 18.8 Å². The van der Waals surface area contributed by atoms with E-state index in [0.29, 0.717) is 27.2 Å². The Kier molecular flexibility index (Phi) is 9.10. The van der Waals surface area contributed by atoms with Gasteiger partial charge in [0.1, 0.15) is 12.4 Å². The van der Waals surface area contributed by atoms with Crippen molar-refractivity contribution in [3.8, 4) is 5.75 Å². The molecule has 1 heterocycles. The molecule has 0 aliphatic rings. The normalized spacial score (nSPS) is 12.3. The minimum absolute atomic E-state index is 0.204. The molecule has 1 N–H and O–H groups in total. The molecule has 0 saturated heterocycles. The second kappa shape index (κ2) is 11.8. The second-order valence-corrected chi connectivity index (χ2v) is 11.5. The number of hydrogen-bond donors (Lipinski definition) is 1. The summed E-state index contributed by atoms with van der Waals surface area (Å²) in [6.45, 7) is 10.9. The van der Waals surface area contributed by atoms with Crippen molar-refractivity contribution >= 4 is 51.7 Å². The summed E-state index contributed by atoms with van der Waals surface area (Å²) in [4.78, 5) is 15.2. The van der Waals surface area contributed by atoms with E-state index in [4.69, 9.17) is 21.4 Å². The standard InChI is InChI=1S/C26H29ClN2O4S2/c1-16(2)13-29(35(32)26-28-19(5)15-34-26)23-10-17(3)18(4)11-24(23)33-14-21-8-6-20(12-22(21)27)7-9-25(30)31/h6-12,15-16H,13-14H2,1-5H3,(H,30,31)/b9-7+. The van der Waals surface area contributed by atoms with Crippen LogP contribution in [0.25, 0.3) is 6.08 Å². The van der Waals surface area contributed by atoms with Gasteiger partial charge in [-0.2, -0.15) is 0 Å². The summed E-state index contributed by atoms with van der Waals surface area (Å²) < 4.78 is 22.2. The number of rotatable bonds is 10. The van der Waals surface area contributed by atoms with Gasteiger partial charge in [0, 0.05) is 34.3 Å². The van der Waals surface area contributed by atoms with Gasteiger partial charge in [-0.05, 0) is 67.7 Å². The monoisotopic (exact) mass is 532 g/mol. The Balaban J connectivity index is 1.93. The molecule has 0 radical (unpaired) electrons. The number of hydrogen-bond acceptors (Lipinski definition) is 5. The molecule has 0 aliphatic heterocycles. The smallest absolute Gasteiger partial charge is 0.328 e. The summed E-state index contributed by atoms with van der Waals surface area (Å²) in [5.41, 5.74) is 5.16. The summed E-state index contributed by atoms with van der Waals surface area (Å²) in [6, 6.07) is 9.27.